The lowest BCUT2D eigenvalue weighted by molar-refractivity contribution is 0.652. The molecule has 15 rings (SSSR count). The molecule has 0 spiro atoms. The molecule has 2 nitrogen and oxygen atoms in total. The van der Waals surface area contributed by atoms with Gasteiger partial charge in [-0.1, -0.05) is 198 Å². The third-order valence-electron chi connectivity index (χ3n) is 16.8. The highest BCUT2D eigenvalue weighted by molar-refractivity contribution is 6.11. The molecule has 2 heterocycles. The van der Waals surface area contributed by atoms with E-state index in [1.54, 1.807) is 0 Å². The van der Waals surface area contributed by atoms with Crippen molar-refractivity contribution in [1.82, 2.24) is 9.13 Å². The monoisotopic (exact) mass is 944 g/mol. The van der Waals surface area contributed by atoms with Crippen LogP contribution in [0.25, 0.3) is 123 Å². The standard InChI is InChI=1S/C72H52N2/c1-71(2)63-39-47(23-21-45-27-35-69-61(37-45)57-17-9-11-19-67(57)73(69)53-31-29-49-13-5-7-15-51(49)41-53)25-33-55(63)59-44-66-60(43-65(59)71)56-34-26-48(40-64(56)72(66,3)4)24-22-46-28-36-70-62(38-46)58-18-10-12-20-68(58)74(70)54-32-30-50-14-6-8-16-52(50)42-54/h5-44H,1-4H3. The van der Waals surface area contributed by atoms with Gasteiger partial charge in [0.15, 0.2) is 0 Å². The Bertz CT molecular complexity index is 4310. The fourth-order valence-electron chi connectivity index (χ4n) is 13.0. The van der Waals surface area contributed by atoms with Gasteiger partial charge >= 0.3 is 0 Å². The molecule has 0 aliphatic heterocycles. The van der Waals surface area contributed by atoms with Gasteiger partial charge < -0.3 is 9.13 Å². The van der Waals surface area contributed by atoms with Crippen LogP contribution in [-0.4, -0.2) is 9.13 Å². The Morgan fingerprint density at radius 2 is 0.622 bits per heavy atom. The number of hydrogen-bond acceptors (Lipinski definition) is 0. The van der Waals surface area contributed by atoms with Crippen LogP contribution in [0.4, 0.5) is 0 Å². The van der Waals surface area contributed by atoms with Crippen LogP contribution in [0.5, 0.6) is 0 Å². The second kappa shape index (κ2) is 15.8. The van der Waals surface area contributed by atoms with Gasteiger partial charge in [-0.2, -0.15) is 0 Å². The highest BCUT2D eigenvalue weighted by atomic mass is 15.0. The Morgan fingerprint density at radius 1 is 0.270 bits per heavy atom. The summed E-state index contributed by atoms with van der Waals surface area (Å²) in [5, 5.41) is 10.1. The second-order valence-electron chi connectivity index (χ2n) is 21.8. The molecule has 0 unspecified atom stereocenters. The van der Waals surface area contributed by atoms with E-state index in [1.807, 2.05) is 0 Å². The Kier molecular flexibility index (Phi) is 9.09. The van der Waals surface area contributed by atoms with Crippen molar-refractivity contribution in [2.45, 2.75) is 38.5 Å². The lowest BCUT2D eigenvalue weighted by Gasteiger charge is -2.24. The third-order valence-corrected chi connectivity index (χ3v) is 16.8. The molecule has 0 bridgehead atoms. The predicted octanol–water partition coefficient (Wildman–Crippen LogP) is 19.1. The van der Waals surface area contributed by atoms with Crippen LogP contribution >= 0.6 is 0 Å². The van der Waals surface area contributed by atoms with Gasteiger partial charge in [-0.05, 0) is 161 Å². The van der Waals surface area contributed by atoms with E-state index in [2.05, 4.69) is 280 Å². The van der Waals surface area contributed by atoms with Crippen LogP contribution in [-0.2, 0) is 10.8 Å². The van der Waals surface area contributed by atoms with Crippen molar-refractivity contribution in [1.29, 1.82) is 0 Å². The first-order valence-corrected chi connectivity index (χ1v) is 26.1. The number of fused-ring (bicyclic) bond motifs is 14. The molecule has 13 aromatic rings. The van der Waals surface area contributed by atoms with E-state index in [0.717, 1.165) is 0 Å². The molecule has 0 N–H and O–H groups in total. The summed E-state index contributed by atoms with van der Waals surface area (Å²) in [6, 6.07) is 81.4. The maximum atomic E-state index is 2.52. The minimum absolute atomic E-state index is 0.147. The summed E-state index contributed by atoms with van der Waals surface area (Å²) in [6.07, 6.45) is 9.14. The molecule has 350 valence electrons. The smallest absolute Gasteiger partial charge is 0.0541 e. The molecular weight excluding hydrogens is 893 g/mol. The Labute approximate surface area is 431 Å². The maximum Gasteiger partial charge on any atom is 0.0541 e. The Morgan fingerprint density at radius 3 is 1.07 bits per heavy atom. The van der Waals surface area contributed by atoms with Crippen molar-refractivity contribution in [3.63, 3.8) is 0 Å². The molecular formula is C72H52N2. The van der Waals surface area contributed by atoms with Crippen molar-refractivity contribution in [3.8, 4) is 33.6 Å². The van der Waals surface area contributed by atoms with E-state index in [0.29, 0.717) is 0 Å². The fraction of sp³-hybridized carbons (Fsp3) is 0.0833. The minimum atomic E-state index is -0.147. The highest BCUT2D eigenvalue weighted by Gasteiger charge is 2.41. The van der Waals surface area contributed by atoms with Crippen molar-refractivity contribution >= 4 is 89.5 Å². The molecule has 0 fully saturated rings. The van der Waals surface area contributed by atoms with Gasteiger partial charge in [0, 0.05) is 43.7 Å². The molecule has 2 aromatic heterocycles. The van der Waals surface area contributed by atoms with Crippen molar-refractivity contribution in [3.05, 3.63) is 263 Å². The van der Waals surface area contributed by atoms with Crippen LogP contribution < -0.4 is 0 Å². The quantitative estimate of drug-likeness (QED) is 0.147. The van der Waals surface area contributed by atoms with Crippen LogP contribution in [0.3, 0.4) is 0 Å². The molecule has 74 heavy (non-hydrogen) atoms. The van der Waals surface area contributed by atoms with Crippen LogP contribution in [0.2, 0.25) is 0 Å². The van der Waals surface area contributed by atoms with Gasteiger partial charge in [0.2, 0.25) is 0 Å². The number of hydrogen-bond donors (Lipinski definition) is 0. The van der Waals surface area contributed by atoms with Crippen LogP contribution in [0, 0.1) is 0 Å². The van der Waals surface area contributed by atoms with E-state index >= 15 is 0 Å². The van der Waals surface area contributed by atoms with E-state index in [1.165, 1.54) is 143 Å². The summed E-state index contributed by atoms with van der Waals surface area (Å²) in [5.74, 6) is 0. The van der Waals surface area contributed by atoms with Gasteiger partial charge in [-0.15, -0.1) is 0 Å². The molecule has 0 radical (unpaired) electrons. The van der Waals surface area contributed by atoms with Gasteiger partial charge in [-0.3, -0.25) is 0 Å². The zero-order chi connectivity index (χ0) is 49.5. The molecule has 0 amide bonds. The van der Waals surface area contributed by atoms with Gasteiger partial charge in [0.1, 0.15) is 0 Å². The number of para-hydroxylation sites is 2. The summed E-state index contributed by atoms with van der Waals surface area (Å²) in [5.41, 5.74) is 22.8. The Hall–Kier alpha value is -8.98. The highest BCUT2D eigenvalue weighted by Crippen LogP contribution is 2.56. The van der Waals surface area contributed by atoms with Gasteiger partial charge in [0.05, 0.1) is 22.1 Å². The molecule has 0 saturated carbocycles. The number of rotatable bonds is 6. The summed E-state index contributed by atoms with van der Waals surface area (Å²) >= 11 is 0. The zero-order valence-corrected chi connectivity index (χ0v) is 42.0. The normalized spacial score (nSPS) is 14.3. The first-order chi connectivity index (χ1) is 36.2. The lowest BCUT2D eigenvalue weighted by atomic mass is 9.79. The SMILES string of the molecule is CC1(C)c2cc(C=Cc3ccc4c(c3)c3ccccc3n4-c3ccc4ccccc4c3)ccc2-c2cc3c(cc21)-c1ccc(C=Cc2ccc4c(c2)c2ccccc2n4-c2ccc4ccccc4c2)cc1C3(C)C. The van der Waals surface area contributed by atoms with Gasteiger partial charge in [0.25, 0.3) is 0 Å². The zero-order valence-electron chi connectivity index (χ0n) is 42.0. The summed E-state index contributed by atoms with van der Waals surface area (Å²) < 4.78 is 4.82. The topological polar surface area (TPSA) is 9.86 Å². The fourth-order valence-corrected chi connectivity index (χ4v) is 13.0. The second-order valence-corrected chi connectivity index (χ2v) is 21.8. The minimum Gasteiger partial charge on any atom is -0.309 e. The molecule has 11 aromatic carbocycles. The Balaban J connectivity index is 0.718. The van der Waals surface area contributed by atoms with E-state index < -0.39 is 0 Å². The number of benzene rings is 11. The van der Waals surface area contributed by atoms with E-state index in [4.69, 9.17) is 0 Å². The molecule has 2 heteroatoms. The van der Waals surface area contributed by atoms with E-state index in [-0.39, 0.29) is 10.8 Å². The third kappa shape index (κ3) is 6.37. The first-order valence-electron chi connectivity index (χ1n) is 26.1. The molecule has 2 aliphatic rings. The lowest BCUT2D eigenvalue weighted by Crippen LogP contribution is -2.17. The molecule has 0 saturated heterocycles. The van der Waals surface area contributed by atoms with Crippen molar-refractivity contribution in [2.24, 2.45) is 0 Å². The first kappa shape index (κ1) is 42.7. The van der Waals surface area contributed by atoms with E-state index in [9.17, 15) is 0 Å². The van der Waals surface area contributed by atoms with Crippen molar-refractivity contribution < 1.29 is 0 Å². The predicted molar refractivity (Wildman–Crippen MR) is 316 cm³/mol. The average Bonchev–Trinajstić information content (AvgIpc) is 4.10. The summed E-state index contributed by atoms with van der Waals surface area (Å²) in [7, 11) is 0. The van der Waals surface area contributed by atoms with Crippen LogP contribution in [0.15, 0.2) is 218 Å². The summed E-state index contributed by atoms with van der Waals surface area (Å²) in [4.78, 5) is 0. The van der Waals surface area contributed by atoms with Gasteiger partial charge in [-0.25, -0.2) is 0 Å². The maximum absolute atomic E-state index is 2.52. The van der Waals surface area contributed by atoms with Crippen molar-refractivity contribution in [2.75, 3.05) is 0 Å². The summed E-state index contributed by atoms with van der Waals surface area (Å²) in [6.45, 7) is 9.63. The average molecular weight is 945 g/mol. The largest absolute Gasteiger partial charge is 0.309 e. The number of aromatic nitrogens is 2. The molecule has 0 atom stereocenters. The number of nitrogens with zero attached hydrogens (tertiary/aromatic N) is 2. The van der Waals surface area contributed by atoms with Crippen LogP contribution in [0.1, 0.15) is 72.2 Å². The molecule has 2 aliphatic carbocycles.